The summed E-state index contributed by atoms with van der Waals surface area (Å²) in [4.78, 5) is 20.8. The number of carboxylic acid groups (broad SMARTS) is 2. The van der Waals surface area contributed by atoms with Crippen molar-refractivity contribution in [3.05, 3.63) is 145 Å². The predicted molar refractivity (Wildman–Crippen MR) is 152 cm³/mol. The molecule has 0 heterocycles. The van der Waals surface area contributed by atoms with E-state index in [2.05, 4.69) is 36.4 Å². The summed E-state index contributed by atoms with van der Waals surface area (Å²) in [5.41, 5.74) is -0.553. The minimum absolute atomic E-state index is 0.148. The smallest absolute Gasteiger partial charge is 0.336 e. The molecule has 6 nitrogen and oxygen atoms in total. The predicted octanol–water partition coefficient (Wildman–Crippen LogP) is 3.47. The first kappa shape index (κ1) is 27.1. The van der Waals surface area contributed by atoms with E-state index in [0.717, 1.165) is 21.2 Å². The van der Waals surface area contributed by atoms with Crippen molar-refractivity contribution < 1.29 is 30.0 Å². The van der Waals surface area contributed by atoms with Gasteiger partial charge >= 0.3 is 5.97 Å². The topological polar surface area (TPSA) is 118 Å². The summed E-state index contributed by atoms with van der Waals surface area (Å²) in [5, 5.41) is 44.1. The van der Waals surface area contributed by atoms with Crippen LogP contribution in [0, 0.1) is 0 Å². The van der Waals surface area contributed by atoms with E-state index in [-0.39, 0.29) is 22.6 Å². The second-order valence-electron chi connectivity index (χ2n) is 8.49. The molecule has 5 rings (SSSR count). The number of aromatic hydroxyl groups is 2. The molecule has 7 heteroatoms. The maximum absolute atomic E-state index is 10.9. The van der Waals surface area contributed by atoms with E-state index in [4.69, 9.17) is 5.11 Å². The lowest BCUT2D eigenvalue weighted by atomic mass is 10.1. The largest absolute Gasteiger partial charge is 0.545 e. The van der Waals surface area contributed by atoms with Gasteiger partial charge in [0.05, 0.1) is 11.5 Å². The Kier molecular flexibility index (Phi) is 8.40. The third kappa shape index (κ3) is 5.66. The molecule has 194 valence electrons. The van der Waals surface area contributed by atoms with Crippen molar-refractivity contribution >= 4 is 40.4 Å². The Morgan fingerprint density at radius 2 is 0.974 bits per heavy atom. The van der Waals surface area contributed by atoms with Crippen LogP contribution in [0.1, 0.15) is 20.7 Å². The Bertz CT molecular complexity index is 1440. The zero-order valence-electron chi connectivity index (χ0n) is 20.7. The van der Waals surface area contributed by atoms with Gasteiger partial charge in [-0.15, -0.1) is 0 Å². The van der Waals surface area contributed by atoms with Gasteiger partial charge in [-0.25, -0.2) is 4.79 Å². The van der Waals surface area contributed by atoms with Crippen LogP contribution in [-0.2, 0) is 0 Å². The summed E-state index contributed by atoms with van der Waals surface area (Å²) in [6.45, 7) is 0. The third-order valence-corrected chi connectivity index (χ3v) is 10.4. The molecule has 0 saturated carbocycles. The van der Waals surface area contributed by atoms with Gasteiger partial charge < -0.3 is 25.2 Å². The Morgan fingerprint density at radius 3 is 1.36 bits per heavy atom. The molecule has 39 heavy (non-hydrogen) atoms. The number of benzene rings is 5. The Morgan fingerprint density at radius 1 is 0.564 bits per heavy atom. The van der Waals surface area contributed by atoms with Gasteiger partial charge in [-0.05, 0) is 54.6 Å². The van der Waals surface area contributed by atoms with E-state index in [1.54, 1.807) is 12.1 Å². The van der Waals surface area contributed by atoms with Gasteiger partial charge in [0.25, 0.3) is 0 Å². The van der Waals surface area contributed by atoms with Crippen LogP contribution < -0.4 is 26.3 Å². The Labute approximate surface area is 226 Å². The first-order valence-corrected chi connectivity index (χ1v) is 13.8. The molecule has 5 aromatic carbocycles. The molecule has 0 radical (unpaired) electrons. The normalized spacial score (nSPS) is 10.7. The lowest BCUT2D eigenvalue weighted by Gasteiger charge is -2.28. The van der Waals surface area contributed by atoms with Crippen LogP contribution in [0.25, 0.3) is 0 Å². The van der Waals surface area contributed by atoms with Gasteiger partial charge in [0.2, 0.25) is 0 Å². The van der Waals surface area contributed by atoms with Crippen LogP contribution in [0.4, 0.5) is 0 Å². The molecule has 5 aromatic rings. The number of hydrogen-bond acceptors (Lipinski definition) is 5. The van der Waals surface area contributed by atoms with Crippen LogP contribution in [0.15, 0.2) is 133 Å². The number of carboxylic acids is 2. The highest BCUT2D eigenvalue weighted by Crippen LogP contribution is 2.56. The number of rotatable bonds is 6. The lowest BCUT2D eigenvalue weighted by Crippen LogP contribution is -2.38. The van der Waals surface area contributed by atoms with Gasteiger partial charge in [0, 0.05) is 11.6 Å². The second kappa shape index (κ2) is 12.1. The first-order valence-electron chi connectivity index (χ1n) is 12.0. The molecule has 0 fully saturated rings. The van der Waals surface area contributed by atoms with Crippen LogP contribution in [-0.4, -0.2) is 27.3 Å². The fourth-order valence-corrected chi connectivity index (χ4v) is 8.78. The standard InChI is InChI=1S/C24H19O2P.C8H6O4/c25-19-16-17-23(26)24(18-19)27(20-10-4-1-5-11-20,21-12-6-2-7-13-21)22-14-8-3-9-15-22;9-7(10)5-3-1-2-4-6(5)8(11)12/h1-18H,(H-,25,26);1-4H,(H,9,10)(H,11,12). The fourth-order valence-electron chi connectivity index (χ4n) is 4.45. The van der Waals surface area contributed by atoms with Crippen molar-refractivity contribution in [2.24, 2.45) is 0 Å². The fraction of sp³-hybridized carbons (Fsp3) is 0. The highest BCUT2D eigenvalue weighted by molar-refractivity contribution is 8.01. The first-order chi connectivity index (χ1) is 18.9. The summed E-state index contributed by atoms with van der Waals surface area (Å²) in [6.07, 6.45) is 0. The molecule has 3 N–H and O–H groups in total. The molecule has 0 saturated heterocycles. The third-order valence-electron chi connectivity index (χ3n) is 6.13. The van der Waals surface area contributed by atoms with Crippen molar-refractivity contribution in [1.82, 2.24) is 0 Å². The van der Waals surface area contributed by atoms with E-state index in [9.17, 15) is 24.9 Å². The SMILES string of the molecule is O=C([O-])c1ccccc1C(=O)O.Oc1ccc(O)c([P+](c2ccccc2)(c2ccccc2)c2ccccc2)c1. The van der Waals surface area contributed by atoms with Crippen molar-refractivity contribution in [2.75, 3.05) is 0 Å². The van der Waals surface area contributed by atoms with E-state index in [0.29, 0.717) is 0 Å². The van der Waals surface area contributed by atoms with Gasteiger partial charge in [0.1, 0.15) is 28.9 Å². The summed E-state index contributed by atoms with van der Waals surface area (Å²) >= 11 is 0. The summed E-state index contributed by atoms with van der Waals surface area (Å²) in [6, 6.07) is 40.9. The number of carbonyl (C=O) groups excluding carboxylic acids is 1. The Hall–Kier alpha value is -4.93. The van der Waals surface area contributed by atoms with Crippen LogP contribution in [0.5, 0.6) is 11.5 Å². The van der Waals surface area contributed by atoms with Crippen molar-refractivity contribution in [3.8, 4) is 11.5 Å². The average molecular weight is 537 g/mol. The maximum Gasteiger partial charge on any atom is 0.336 e. The number of carbonyl (C=O) groups is 2. The van der Waals surface area contributed by atoms with Crippen LogP contribution in [0.2, 0.25) is 0 Å². The summed E-state index contributed by atoms with van der Waals surface area (Å²) in [5.74, 6) is -2.41. The minimum atomic E-state index is -2.38. The molecule has 0 atom stereocenters. The number of phenols is 2. The highest BCUT2D eigenvalue weighted by Gasteiger charge is 2.49. The molecule has 0 amide bonds. The van der Waals surface area contributed by atoms with Crippen LogP contribution in [0.3, 0.4) is 0 Å². The number of phenolic OH excluding ortho intramolecular Hbond substituents is 2. The monoisotopic (exact) mass is 536 g/mol. The molecular formula is C32H25O6P. The van der Waals surface area contributed by atoms with Crippen molar-refractivity contribution in [3.63, 3.8) is 0 Å². The molecule has 0 aliphatic carbocycles. The van der Waals surface area contributed by atoms with E-state index in [1.807, 2.05) is 54.6 Å². The van der Waals surface area contributed by atoms with E-state index in [1.165, 1.54) is 30.3 Å². The van der Waals surface area contributed by atoms with Crippen molar-refractivity contribution in [2.45, 2.75) is 0 Å². The van der Waals surface area contributed by atoms with E-state index < -0.39 is 19.2 Å². The van der Waals surface area contributed by atoms with Gasteiger partial charge in [-0.1, -0.05) is 72.8 Å². The van der Waals surface area contributed by atoms with Gasteiger partial charge in [0.15, 0.2) is 11.1 Å². The molecular weight excluding hydrogens is 511 g/mol. The molecule has 0 aromatic heterocycles. The van der Waals surface area contributed by atoms with E-state index >= 15 is 0 Å². The van der Waals surface area contributed by atoms with Gasteiger partial charge in [-0.3, -0.25) is 0 Å². The quantitative estimate of drug-likeness (QED) is 0.226. The zero-order chi connectivity index (χ0) is 27.8. The summed E-state index contributed by atoms with van der Waals surface area (Å²) in [7, 11) is -2.38. The maximum atomic E-state index is 10.9. The molecule has 0 spiro atoms. The Balaban J connectivity index is 0.000000247. The molecule has 0 aliphatic heterocycles. The lowest BCUT2D eigenvalue weighted by molar-refractivity contribution is -0.255. The minimum Gasteiger partial charge on any atom is -0.545 e. The average Bonchev–Trinajstić information content (AvgIpc) is 2.97. The number of aromatic carboxylic acids is 2. The molecule has 0 aliphatic rings. The number of hydrogen-bond donors (Lipinski definition) is 3. The van der Waals surface area contributed by atoms with Gasteiger partial charge in [-0.2, -0.15) is 0 Å². The van der Waals surface area contributed by atoms with Crippen molar-refractivity contribution in [1.29, 1.82) is 0 Å². The second-order valence-corrected chi connectivity index (χ2v) is 11.9. The molecule has 0 unspecified atom stereocenters. The van der Waals surface area contributed by atoms with Crippen LogP contribution >= 0.6 is 7.26 Å². The highest BCUT2D eigenvalue weighted by atomic mass is 31.2. The summed E-state index contributed by atoms with van der Waals surface area (Å²) < 4.78 is 0. The molecule has 0 bridgehead atoms. The zero-order valence-corrected chi connectivity index (χ0v) is 21.6.